The van der Waals surface area contributed by atoms with Crippen molar-refractivity contribution in [3.63, 3.8) is 0 Å². The number of amides is 3. The van der Waals surface area contributed by atoms with Crippen molar-refractivity contribution in [2.45, 2.75) is 44.3 Å². The van der Waals surface area contributed by atoms with E-state index >= 15 is 0 Å². The van der Waals surface area contributed by atoms with Crippen molar-refractivity contribution in [3.8, 4) is 0 Å². The molecule has 7 nitrogen and oxygen atoms in total. The number of carbonyl (C=O) groups is 4. The normalized spacial score (nSPS) is 17.5. The molecule has 1 saturated heterocycles. The number of nitrogens with one attached hydrogen (secondary N) is 1. The number of nitrogens with zero attached hydrogens (tertiary/aromatic N) is 1. The van der Waals surface area contributed by atoms with Gasteiger partial charge in [-0.05, 0) is 18.8 Å². The third-order valence-corrected chi connectivity index (χ3v) is 4.05. The highest BCUT2D eigenvalue weighted by molar-refractivity contribution is 7.81. The zero-order chi connectivity index (χ0) is 16.7. The van der Waals surface area contributed by atoms with Gasteiger partial charge in [0.1, 0.15) is 0 Å². The molecule has 0 aromatic rings. The van der Waals surface area contributed by atoms with Gasteiger partial charge in [-0.15, -0.1) is 0 Å². The van der Waals surface area contributed by atoms with Crippen LogP contribution in [0.2, 0.25) is 0 Å². The van der Waals surface area contributed by atoms with E-state index in [1.54, 1.807) is 0 Å². The average Bonchev–Trinajstić information content (AvgIpc) is 2.78. The van der Waals surface area contributed by atoms with Gasteiger partial charge in [-0.2, -0.15) is 12.6 Å². The Bertz CT molecular complexity index is 439. The number of imide groups is 1. The molecule has 0 radical (unpaired) electrons. The molecule has 2 unspecified atom stereocenters. The fourth-order valence-corrected chi connectivity index (χ4v) is 2.33. The lowest BCUT2D eigenvalue weighted by Crippen LogP contribution is -2.38. The first-order valence-corrected chi connectivity index (χ1v) is 7.83. The van der Waals surface area contributed by atoms with Crippen molar-refractivity contribution >= 4 is 36.3 Å². The van der Waals surface area contributed by atoms with Crippen molar-refractivity contribution in [3.05, 3.63) is 0 Å². The summed E-state index contributed by atoms with van der Waals surface area (Å²) in [5.41, 5.74) is 0. The van der Waals surface area contributed by atoms with Crippen molar-refractivity contribution in [2.24, 2.45) is 5.92 Å². The number of hydrogen-bond acceptors (Lipinski definition) is 5. The van der Waals surface area contributed by atoms with Crippen molar-refractivity contribution in [2.75, 3.05) is 13.1 Å². The summed E-state index contributed by atoms with van der Waals surface area (Å²) >= 11 is 4.19. The van der Waals surface area contributed by atoms with E-state index in [-0.39, 0.29) is 49.4 Å². The van der Waals surface area contributed by atoms with E-state index in [1.807, 2.05) is 6.92 Å². The molecule has 0 aromatic heterocycles. The molecular formula is C14H22N2O5S. The zero-order valence-electron chi connectivity index (χ0n) is 12.6. The highest BCUT2D eigenvalue weighted by Gasteiger charge is 2.29. The Labute approximate surface area is 134 Å². The minimum absolute atomic E-state index is 0.0577. The van der Waals surface area contributed by atoms with Crippen LogP contribution in [0, 0.1) is 5.92 Å². The standard InChI is InChI=1S/C14H22N2O5S/c1-9(2-5-13(19)20)8-15-14(21)10(22)6-7-16-11(17)3-4-12(16)18/h9-10,22H,2-8H2,1H3,(H,15,21)(H,19,20). The quantitative estimate of drug-likeness (QED) is 0.420. The van der Waals surface area contributed by atoms with Crippen LogP contribution in [-0.4, -0.2) is 52.0 Å². The van der Waals surface area contributed by atoms with Crippen LogP contribution in [0.15, 0.2) is 0 Å². The van der Waals surface area contributed by atoms with E-state index in [9.17, 15) is 19.2 Å². The Balaban J connectivity index is 2.25. The smallest absolute Gasteiger partial charge is 0.303 e. The van der Waals surface area contributed by atoms with Gasteiger partial charge in [0.05, 0.1) is 5.25 Å². The molecule has 1 aliphatic rings. The lowest BCUT2D eigenvalue weighted by atomic mass is 10.1. The summed E-state index contributed by atoms with van der Waals surface area (Å²) in [5, 5.41) is 10.7. The van der Waals surface area contributed by atoms with Crippen molar-refractivity contribution in [1.29, 1.82) is 0 Å². The molecule has 0 aliphatic carbocycles. The minimum atomic E-state index is -0.856. The first-order valence-electron chi connectivity index (χ1n) is 7.32. The maximum Gasteiger partial charge on any atom is 0.303 e. The third kappa shape index (κ3) is 6.05. The summed E-state index contributed by atoms with van der Waals surface area (Å²) in [5.74, 6) is -1.47. The lowest BCUT2D eigenvalue weighted by Gasteiger charge is -2.18. The molecule has 22 heavy (non-hydrogen) atoms. The zero-order valence-corrected chi connectivity index (χ0v) is 13.5. The first-order chi connectivity index (χ1) is 10.3. The Morgan fingerprint density at radius 1 is 1.27 bits per heavy atom. The van der Waals surface area contributed by atoms with Gasteiger partial charge in [0, 0.05) is 32.4 Å². The molecule has 0 spiro atoms. The maximum atomic E-state index is 11.9. The summed E-state index contributed by atoms with van der Waals surface area (Å²) in [6.45, 7) is 2.44. The minimum Gasteiger partial charge on any atom is -0.481 e. The predicted octanol–water partition coefficient (Wildman–Crippen LogP) is 0.441. The summed E-state index contributed by atoms with van der Waals surface area (Å²) in [4.78, 5) is 46.4. The van der Waals surface area contributed by atoms with Crippen LogP contribution in [0.3, 0.4) is 0 Å². The number of carboxylic acids is 1. The number of carboxylic acid groups (broad SMARTS) is 1. The number of hydrogen-bond donors (Lipinski definition) is 3. The molecule has 1 rings (SSSR count). The number of likely N-dealkylation sites (tertiary alicyclic amines) is 1. The molecule has 0 saturated carbocycles. The maximum absolute atomic E-state index is 11.9. The van der Waals surface area contributed by atoms with Gasteiger partial charge in [0.15, 0.2) is 0 Å². The molecule has 1 heterocycles. The molecule has 8 heteroatoms. The van der Waals surface area contributed by atoms with Gasteiger partial charge in [0.25, 0.3) is 0 Å². The molecule has 3 amide bonds. The van der Waals surface area contributed by atoms with Gasteiger partial charge in [-0.25, -0.2) is 0 Å². The average molecular weight is 330 g/mol. The number of thiol groups is 1. The summed E-state index contributed by atoms with van der Waals surface area (Å²) in [7, 11) is 0. The van der Waals surface area contributed by atoms with Crippen LogP contribution in [0.4, 0.5) is 0 Å². The van der Waals surface area contributed by atoms with Gasteiger partial charge >= 0.3 is 5.97 Å². The van der Waals surface area contributed by atoms with E-state index in [4.69, 9.17) is 5.11 Å². The van der Waals surface area contributed by atoms with E-state index in [1.165, 1.54) is 4.90 Å². The van der Waals surface area contributed by atoms with Crippen LogP contribution in [0.5, 0.6) is 0 Å². The number of rotatable bonds is 9. The van der Waals surface area contributed by atoms with Crippen LogP contribution in [0.25, 0.3) is 0 Å². The van der Waals surface area contributed by atoms with Crippen LogP contribution in [0.1, 0.15) is 39.0 Å². The van der Waals surface area contributed by atoms with Crippen molar-refractivity contribution < 1.29 is 24.3 Å². The van der Waals surface area contributed by atoms with E-state index in [0.717, 1.165) is 0 Å². The van der Waals surface area contributed by atoms with E-state index in [0.29, 0.717) is 19.4 Å². The van der Waals surface area contributed by atoms with Crippen LogP contribution < -0.4 is 5.32 Å². The second-order valence-corrected chi connectivity index (χ2v) is 6.15. The summed E-state index contributed by atoms with van der Waals surface area (Å²) < 4.78 is 0. The van der Waals surface area contributed by atoms with Gasteiger partial charge in [-0.1, -0.05) is 6.92 Å². The monoisotopic (exact) mass is 330 g/mol. The Morgan fingerprint density at radius 3 is 2.41 bits per heavy atom. The molecular weight excluding hydrogens is 308 g/mol. The molecule has 2 atom stereocenters. The second-order valence-electron chi connectivity index (χ2n) is 5.53. The highest BCUT2D eigenvalue weighted by Crippen LogP contribution is 2.14. The van der Waals surface area contributed by atoms with Gasteiger partial charge in [-0.3, -0.25) is 24.1 Å². The molecule has 1 fully saturated rings. The van der Waals surface area contributed by atoms with E-state index in [2.05, 4.69) is 17.9 Å². The molecule has 124 valence electrons. The molecule has 0 bridgehead atoms. The fourth-order valence-electron chi connectivity index (χ4n) is 2.12. The fraction of sp³-hybridized carbons (Fsp3) is 0.714. The largest absolute Gasteiger partial charge is 0.481 e. The second kappa shape index (κ2) is 8.77. The first kappa shape index (κ1) is 18.5. The number of carbonyl (C=O) groups excluding carboxylic acids is 3. The molecule has 1 aliphatic heterocycles. The Morgan fingerprint density at radius 2 is 1.86 bits per heavy atom. The molecule has 0 aromatic carbocycles. The van der Waals surface area contributed by atoms with Crippen molar-refractivity contribution in [1.82, 2.24) is 10.2 Å². The Hall–Kier alpha value is -1.57. The summed E-state index contributed by atoms with van der Waals surface area (Å²) in [6, 6.07) is 0. The third-order valence-electron chi connectivity index (χ3n) is 3.56. The topological polar surface area (TPSA) is 104 Å². The number of aliphatic carboxylic acids is 1. The van der Waals surface area contributed by atoms with Crippen LogP contribution in [-0.2, 0) is 19.2 Å². The lowest BCUT2D eigenvalue weighted by molar-refractivity contribution is -0.139. The van der Waals surface area contributed by atoms with Crippen LogP contribution >= 0.6 is 12.6 Å². The van der Waals surface area contributed by atoms with Gasteiger partial charge < -0.3 is 10.4 Å². The SMILES string of the molecule is CC(CCC(=O)O)CNC(=O)C(S)CCN1C(=O)CCC1=O. The summed E-state index contributed by atoms with van der Waals surface area (Å²) in [6.07, 6.45) is 1.34. The molecule has 2 N–H and O–H groups in total. The predicted molar refractivity (Wildman–Crippen MR) is 82.4 cm³/mol. The van der Waals surface area contributed by atoms with Gasteiger partial charge in [0.2, 0.25) is 17.7 Å². The highest BCUT2D eigenvalue weighted by atomic mass is 32.1. The Kier molecular flexibility index (Phi) is 7.37. The van der Waals surface area contributed by atoms with E-state index < -0.39 is 11.2 Å².